The topological polar surface area (TPSA) is 71.4 Å². The minimum Gasteiger partial charge on any atom is -0.497 e. The maximum absolute atomic E-state index is 13.4. The molecular weight excluding hydrogens is 442 g/mol. The predicted octanol–water partition coefficient (Wildman–Crippen LogP) is 4.16. The lowest BCUT2D eigenvalue weighted by molar-refractivity contribution is -0.143. The van der Waals surface area contributed by atoms with Crippen molar-refractivity contribution in [1.29, 1.82) is 0 Å². The summed E-state index contributed by atoms with van der Waals surface area (Å²) in [5, 5.41) is 6.81. The van der Waals surface area contributed by atoms with Crippen molar-refractivity contribution in [3.05, 3.63) is 64.7 Å². The van der Waals surface area contributed by atoms with Crippen LogP contribution in [-0.4, -0.2) is 61.4 Å². The molecule has 0 bridgehead atoms. The predicted molar refractivity (Wildman–Crippen MR) is 128 cm³/mol. The Labute approximate surface area is 199 Å². The first kappa shape index (κ1) is 24.7. The third kappa shape index (κ3) is 6.12. The first-order chi connectivity index (χ1) is 15.8. The second-order valence-corrected chi connectivity index (χ2v) is 8.63. The minimum atomic E-state index is -0.287. The summed E-state index contributed by atoms with van der Waals surface area (Å²) in [6.45, 7) is 4.27. The lowest BCUT2D eigenvalue weighted by atomic mass is 9.98. The van der Waals surface area contributed by atoms with Crippen molar-refractivity contribution in [2.75, 3.05) is 33.9 Å². The van der Waals surface area contributed by atoms with Crippen molar-refractivity contribution in [1.82, 2.24) is 9.91 Å². The van der Waals surface area contributed by atoms with E-state index in [0.29, 0.717) is 24.6 Å². The smallest absolute Gasteiger partial charge is 0.262 e. The van der Waals surface area contributed by atoms with Gasteiger partial charge in [-0.25, -0.2) is 5.01 Å². The second-order valence-electron chi connectivity index (χ2n) is 8.19. The van der Waals surface area contributed by atoms with E-state index in [4.69, 9.17) is 21.1 Å². The zero-order valence-corrected chi connectivity index (χ0v) is 20.2. The number of carbonyl (C=O) groups excluding carboxylic acids is 2. The van der Waals surface area contributed by atoms with E-state index in [1.165, 1.54) is 9.91 Å². The minimum absolute atomic E-state index is 0.0656. The van der Waals surface area contributed by atoms with Gasteiger partial charge in [0.2, 0.25) is 5.91 Å². The van der Waals surface area contributed by atoms with Gasteiger partial charge in [-0.15, -0.1) is 0 Å². The number of benzene rings is 2. The molecule has 2 aromatic carbocycles. The molecule has 0 radical (unpaired) electrons. The van der Waals surface area contributed by atoms with E-state index in [-0.39, 0.29) is 30.3 Å². The monoisotopic (exact) mass is 471 g/mol. The van der Waals surface area contributed by atoms with Crippen molar-refractivity contribution < 1.29 is 19.1 Å². The van der Waals surface area contributed by atoms with Gasteiger partial charge in [-0.2, -0.15) is 5.10 Å². The van der Waals surface area contributed by atoms with Crippen LogP contribution >= 0.6 is 11.6 Å². The van der Waals surface area contributed by atoms with Crippen LogP contribution in [0.1, 0.15) is 37.4 Å². The Morgan fingerprint density at radius 2 is 1.79 bits per heavy atom. The van der Waals surface area contributed by atoms with E-state index in [1.54, 1.807) is 26.4 Å². The van der Waals surface area contributed by atoms with Crippen molar-refractivity contribution >= 4 is 29.1 Å². The summed E-state index contributed by atoms with van der Waals surface area (Å²) < 4.78 is 10.4. The summed E-state index contributed by atoms with van der Waals surface area (Å²) in [6.07, 6.45) is 0.551. The molecule has 8 heteroatoms. The highest BCUT2D eigenvalue weighted by molar-refractivity contribution is 6.30. The molecule has 176 valence electrons. The maximum atomic E-state index is 13.4. The van der Waals surface area contributed by atoms with Crippen LogP contribution in [0.2, 0.25) is 5.02 Å². The molecule has 33 heavy (non-hydrogen) atoms. The lowest BCUT2D eigenvalue weighted by Gasteiger charge is -2.28. The molecule has 0 aliphatic carbocycles. The number of amides is 2. The van der Waals surface area contributed by atoms with Gasteiger partial charge in [0.25, 0.3) is 5.91 Å². The zero-order chi connectivity index (χ0) is 24.0. The fourth-order valence-electron chi connectivity index (χ4n) is 3.71. The molecule has 1 heterocycles. The molecule has 2 amide bonds. The number of nitrogens with zero attached hydrogens (tertiary/aromatic N) is 3. The highest BCUT2D eigenvalue weighted by Gasteiger charge is 2.34. The van der Waals surface area contributed by atoms with E-state index in [1.807, 2.05) is 50.2 Å². The largest absolute Gasteiger partial charge is 0.497 e. The molecule has 1 atom stereocenters. The number of methoxy groups -OCH3 is 2. The average molecular weight is 472 g/mol. The first-order valence-corrected chi connectivity index (χ1v) is 11.3. The number of hydrogen-bond donors (Lipinski definition) is 0. The van der Waals surface area contributed by atoms with E-state index in [2.05, 4.69) is 5.10 Å². The third-order valence-electron chi connectivity index (χ3n) is 5.54. The molecule has 0 spiro atoms. The second kappa shape index (κ2) is 11.3. The highest BCUT2D eigenvalue weighted by Crippen LogP contribution is 2.34. The molecule has 0 aromatic heterocycles. The third-order valence-corrected chi connectivity index (χ3v) is 5.79. The maximum Gasteiger partial charge on any atom is 0.262 e. The van der Waals surface area contributed by atoms with Crippen LogP contribution in [0.4, 0.5) is 0 Å². The van der Waals surface area contributed by atoms with Crippen molar-refractivity contribution in [3.63, 3.8) is 0 Å². The molecule has 3 rings (SSSR count). The van der Waals surface area contributed by atoms with Gasteiger partial charge in [-0.3, -0.25) is 9.59 Å². The van der Waals surface area contributed by atoms with Crippen molar-refractivity contribution in [2.24, 2.45) is 11.0 Å². The van der Waals surface area contributed by atoms with Gasteiger partial charge in [0.15, 0.2) is 0 Å². The molecule has 2 aromatic rings. The van der Waals surface area contributed by atoms with Crippen LogP contribution in [0.3, 0.4) is 0 Å². The number of ether oxygens (including phenoxy) is 2. The molecule has 0 fully saturated rings. The molecule has 0 saturated carbocycles. The van der Waals surface area contributed by atoms with Crippen LogP contribution in [0.5, 0.6) is 5.75 Å². The molecule has 1 aliphatic heterocycles. The number of carbonyl (C=O) groups is 2. The fourth-order valence-corrected chi connectivity index (χ4v) is 3.84. The van der Waals surface area contributed by atoms with Crippen LogP contribution in [-0.2, 0) is 14.3 Å². The molecule has 0 unspecified atom stereocenters. The average Bonchev–Trinajstić information content (AvgIpc) is 3.27. The Morgan fingerprint density at radius 1 is 1.12 bits per heavy atom. The Kier molecular flexibility index (Phi) is 8.47. The Balaban J connectivity index is 1.89. The Hall–Kier alpha value is -2.90. The fraction of sp³-hybridized carbons (Fsp3) is 0.400. The number of hydrazone groups is 1. The summed E-state index contributed by atoms with van der Waals surface area (Å²) in [6, 6.07) is 14.7. The summed E-state index contributed by atoms with van der Waals surface area (Å²) in [5.41, 5.74) is 2.64. The van der Waals surface area contributed by atoms with Gasteiger partial charge in [0.1, 0.15) is 12.3 Å². The zero-order valence-electron chi connectivity index (χ0n) is 19.5. The van der Waals surface area contributed by atoms with E-state index in [9.17, 15) is 9.59 Å². The lowest BCUT2D eigenvalue weighted by Crippen LogP contribution is -2.44. The van der Waals surface area contributed by atoms with Gasteiger partial charge in [-0.1, -0.05) is 37.6 Å². The van der Waals surface area contributed by atoms with Crippen LogP contribution in [0.25, 0.3) is 0 Å². The van der Waals surface area contributed by atoms with E-state index >= 15 is 0 Å². The summed E-state index contributed by atoms with van der Waals surface area (Å²) in [7, 11) is 3.19. The Morgan fingerprint density at radius 3 is 2.36 bits per heavy atom. The molecule has 0 N–H and O–H groups in total. The van der Waals surface area contributed by atoms with Gasteiger partial charge >= 0.3 is 0 Å². The standard InChI is InChI=1S/C25H30ClN3O4/c1-17(2)25(31)28(13-14-32-3)16-24(30)29-23(19-5-9-20(26)10-6-19)15-22(27-29)18-7-11-21(33-4)12-8-18/h5-12,17,23H,13-16H2,1-4H3/t23-/m0/s1. The molecule has 1 aliphatic rings. The summed E-state index contributed by atoms with van der Waals surface area (Å²) >= 11 is 6.08. The highest BCUT2D eigenvalue weighted by atomic mass is 35.5. The van der Waals surface area contributed by atoms with Crippen LogP contribution < -0.4 is 4.74 Å². The Bertz CT molecular complexity index is 990. The van der Waals surface area contributed by atoms with Crippen molar-refractivity contribution in [3.8, 4) is 5.75 Å². The summed E-state index contributed by atoms with van der Waals surface area (Å²) in [5.74, 6) is 0.185. The van der Waals surface area contributed by atoms with Crippen LogP contribution in [0.15, 0.2) is 53.6 Å². The van der Waals surface area contributed by atoms with Gasteiger partial charge < -0.3 is 14.4 Å². The summed E-state index contributed by atoms with van der Waals surface area (Å²) in [4.78, 5) is 27.6. The number of rotatable bonds is 9. The van der Waals surface area contributed by atoms with Gasteiger partial charge in [0, 0.05) is 31.0 Å². The first-order valence-electron chi connectivity index (χ1n) is 10.9. The van der Waals surface area contributed by atoms with Gasteiger partial charge in [-0.05, 0) is 47.5 Å². The normalized spacial score (nSPS) is 15.5. The van der Waals surface area contributed by atoms with E-state index in [0.717, 1.165) is 22.6 Å². The molecule has 0 saturated heterocycles. The number of halogens is 1. The van der Waals surface area contributed by atoms with E-state index < -0.39 is 0 Å². The van der Waals surface area contributed by atoms with Crippen molar-refractivity contribution in [2.45, 2.75) is 26.3 Å². The SMILES string of the molecule is COCCN(CC(=O)N1N=C(c2ccc(OC)cc2)C[C@H]1c1ccc(Cl)cc1)C(=O)C(C)C. The van der Waals surface area contributed by atoms with Gasteiger partial charge in [0.05, 0.1) is 25.5 Å². The quantitative estimate of drug-likeness (QED) is 0.550. The number of hydrogen-bond acceptors (Lipinski definition) is 5. The van der Waals surface area contributed by atoms with Crippen LogP contribution in [0, 0.1) is 5.92 Å². The molecular formula is C25H30ClN3O4. The molecule has 7 nitrogen and oxygen atoms in total.